The summed E-state index contributed by atoms with van der Waals surface area (Å²) >= 11 is 0. The van der Waals surface area contributed by atoms with Crippen LogP contribution in [0.25, 0.3) is 44.3 Å². The number of rotatable bonds is 3. The van der Waals surface area contributed by atoms with E-state index < -0.39 is 0 Å². The van der Waals surface area contributed by atoms with Crippen LogP contribution in [0.1, 0.15) is 10.6 Å². The van der Waals surface area contributed by atoms with Gasteiger partial charge >= 0.3 is 0 Å². The minimum absolute atomic E-state index is 0.335. The molecule has 0 aliphatic rings. The van der Waals surface area contributed by atoms with Crippen LogP contribution in [0.5, 0.6) is 0 Å². The molecule has 0 N–H and O–H groups in total. The van der Waals surface area contributed by atoms with Gasteiger partial charge in [0.25, 0.3) is 0 Å². The molecular weight excluding hydrogens is 334 g/mol. The van der Waals surface area contributed by atoms with Crippen LogP contribution in [-0.4, -0.2) is 10.9 Å². The molecule has 0 aliphatic carbocycles. The molecule has 0 spiro atoms. The average Bonchev–Trinajstić information content (AvgIpc) is 3.30. The third kappa shape index (κ3) is 2.32. The van der Waals surface area contributed by atoms with Crippen LogP contribution in [0.3, 0.4) is 0 Å². The Morgan fingerprint density at radius 2 is 1.56 bits per heavy atom. The van der Waals surface area contributed by atoms with Crippen LogP contribution in [-0.2, 0) is 7.05 Å². The molecule has 2 heterocycles. The van der Waals surface area contributed by atoms with E-state index >= 15 is 0 Å². The smallest absolute Gasteiger partial charge is 0.185 e. The van der Waals surface area contributed by atoms with E-state index in [0.717, 1.165) is 34.0 Å². The van der Waals surface area contributed by atoms with Crippen molar-refractivity contribution in [3.63, 3.8) is 0 Å². The fraction of sp³-hybridized carbons (Fsp3) is 0.0417. The minimum atomic E-state index is 0.335. The number of hydrogen-bond donors (Lipinski definition) is 0. The fourth-order valence-electron chi connectivity index (χ4n) is 3.94. The summed E-state index contributed by atoms with van der Waals surface area (Å²) in [6.07, 6.45) is 0.742. The van der Waals surface area contributed by atoms with Crippen LogP contribution >= 0.6 is 0 Å². The van der Waals surface area contributed by atoms with Gasteiger partial charge in [-0.25, -0.2) is 0 Å². The van der Waals surface area contributed by atoms with E-state index in [9.17, 15) is 4.79 Å². The van der Waals surface area contributed by atoms with E-state index in [2.05, 4.69) is 66.2 Å². The third-order valence-electron chi connectivity index (χ3n) is 5.14. The van der Waals surface area contributed by atoms with Crippen LogP contribution in [0, 0.1) is 0 Å². The molecule has 3 aromatic carbocycles. The summed E-state index contributed by atoms with van der Waals surface area (Å²) in [7, 11) is 2.08. The highest BCUT2D eigenvalue weighted by atomic mass is 16.3. The van der Waals surface area contributed by atoms with Crippen molar-refractivity contribution in [2.45, 2.75) is 0 Å². The first-order valence-corrected chi connectivity index (χ1v) is 8.89. The summed E-state index contributed by atoms with van der Waals surface area (Å²) < 4.78 is 8.04. The van der Waals surface area contributed by atoms with Crippen molar-refractivity contribution < 1.29 is 9.21 Å². The molecule has 0 atom stereocenters. The zero-order chi connectivity index (χ0) is 18.4. The maximum absolute atomic E-state index is 11.2. The molecule has 5 rings (SSSR count). The van der Waals surface area contributed by atoms with Crippen molar-refractivity contribution in [3.05, 3.63) is 84.6 Å². The lowest BCUT2D eigenvalue weighted by molar-refractivity contribution is 0.110. The molecule has 5 aromatic rings. The molecule has 0 fully saturated rings. The number of para-hydroxylation sites is 1. The van der Waals surface area contributed by atoms with E-state index in [4.69, 9.17) is 4.42 Å². The van der Waals surface area contributed by atoms with Crippen molar-refractivity contribution in [1.82, 2.24) is 4.57 Å². The first-order chi connectivity index (χ1) is 13.3. The maximum Gasteiger partial charge on any atom is 0.185 e. The third-order valence-corrected chi connectivity index (χ3v) is 5.14. The SMILES string of the molecule is Cn1c(-c2cccc3ccccc23)c(-c2ccc(C=O)o2)c2ccccc21. The zero-order valence-corrected chi connectivity index (χ0v) is 14.8. The molecule has 2 aromatic heterocycles. The van der Waals surface area contributed by atoms with Gasteiger partial charge in [-0.05, 0) is 29.0 Å². The van der Waals surface area contributed by atoms with Crippen LogP contribution in [0.2, 0.25) is 0 Å². The lowest BCUT2D eigenvalue weighted by atomic mass is 9.98. The predicted molar refractivity (Wildman–Crippen MR) is 109 cm³/mol. The Labute approximate surface area is 156 Å². The molecule has 0 radical (unpaired) electrons. The number of aromatic nitrogens is 1. The molecule has 130 valence electrons. The standard InChI is InChI=1S/C24H17NO2/c1-25-21-12-5-4-10-20(21)23(22-14-13-17(15-26)27-22)24(25)19-11-6-8-16-7-2-3-9-18(16)19/h2-15H,1H3. The number of fused-ring (bicyclic) bond motifs is 2. The number of furan rings is 1. The van der Waals surface area contributed by atoms with E-state index in [1.807, 2.05) is 18.2 Å². The lowest BCUT2D eigenvalue weighted by Gasteiger charge is -2.11. The first kappa shape index (κ1) is 15.6. The summed E-state index contributed by atoms with van der Waals surface area (Å²) in [5, 5.41) is 3.49. The minimum Gasteiger partial charge on any atom is -0.453 e. The predicted octanol–water partition coefficient (Wildman–Crippen LogP) is 6.07. The van der Waals surface area contributed by atoms with Gasteiger partial charge < -0.3 is 8.98 Å². The number of aryl methyl sites for hydroxylation is 1. The Bertz CT molecular complexity index is 1300. The molecule has 3 heteroatoms. The quantitative estimate of drug-likeness (QED) is 0.370. The molecule has 0 saturated carbocycles. The van der Waals surface area contributed by atoms with Gasteiger partial charge in [0, 0.05) is 23.5 Å². The van der Waals surface area contributed by atoms with Gasteiger partial charge in [-0.2, -0.15) is 0 Å². The monoisotopic (exact) mass is 351 g/mol. The number of carbonyl (C=O) groups excluding carboxylic acids is 1. The van der Waals surface area contributed by atoms with E-state index in [1.165, 1.54) is 10.8 Å². The van der Waals surface area contributed by atoms with Crippen LogP contribution in [0.4, 0.5) is 0 Å². The molecule has 27 heavy (non-hydrogen) atoms. The Morgan fingerprint density at radius 1 is 0.815 bits per heavy atom. The largest absolute Gasteiger partial charge is 0.453 e. The van der Waals surface area contributed by atoms with Gasteiger partial charge in [-0.3, -0.25) is 4.79 Å². The number of carbonyl (C=O) groups is 1. The number of aldehydes is 1. The second-order valence-electron chi connectivity index (χ2n) is 6.65. The summed E-state index contributed by atoms with van der Waals surface area (Å²) in [6.45, 7) is 0. The first-order valence-electron chi connectivity index (χ1n) is 8.89. The second-order valence-corrected chi connectivity index (χ2v) is 6.65. The number of benzene rings is 3. The molecule has 0 unspecified atom stereocenters. The fourth-order valence-corrected chi connectivity index (χ4v) is 3.94. The van der Waals surface area contributed by atoms with Gasteiger partial charge in [0.05, 0.1) is 11.3 Å². The Kier molecular flexibility index (Phi) is 3.47. The average molecular weight is 351 g/mol. The van der Waals surface area contributed by atoms with Crippen molar-refractivity contribution in [1.29, 1.82) is 0 Å². The van der Waals surface area contributed by atoms with Crippen LogP contribution in [0.15, 0.2) is 83.3 Å². The molecular formula is C24H17NO2. The molecule has 0 saturated heterocycles. The lowest BCUT2D eigenvalue weighted by Crippen LogP contribution is -1.93. The zero-order valence-electron chi connectivity index (χ0n) is 14.8. The van der Waals surface area contributed by atoms with E-state index in [1.54, 1.807) is 6.07 Å². The normalized spacial score (nSPS) is 11.3. The van der Waals surface area contributed by atoms with Gasteiger partial charge in [0.15, 0.2) is 12.0 Å². The Morgan fingerprint density at radius 3 is 2.37 bits per heavy atom. The summed E-state index contributed by atoms with van der Waals surface area (Å²) in [4.78, 5) is 11.2. The van der Waals surface area contributed by atoms with Crippen molar-refractivity contribution in [2.24, 2.45) is 7.05 Å². The van der Waals surface area contributed by atoms with Crippen LogP contribution < -0.4 is 0 Å². The van der Waals surface area contributed by atoms with Gasteiger partial charge in [-0.15, -0.1) is 0 Å². The number of hydrogen-bond acceptors (Lipinski definition) is 2. The number of nitrogens with zero attached hydrogens (tertiary/aromatic N) is 1. The second kappa shape index (κ2) is 5.99. The van der Waals surface area contributed by atoms with Crippen molar-refractivity contribution in [2.75, 3.05) is 0 Å². The molecule has 0 amide bonds. The Balaban J connectivity index is 1.93. The highest BCUT2D eigenvalue weighted by Crippen LogP contribution is 2.42. The summed E-state index contributed by atoms with van der Waals surface area (Å²) in [5.41, 5.74) is 4.36. The Hall–Kier alpha value is -3.59. The summed E-state index contributed by atoms with van der Waals surface area (Å²) in [6, 6.07) is 26.6. The molecule has 0 aliphatic heterocycles. The maximum atomic E-state index is 11.2. The van der Waals surface area contributed by atoms with Crippen molar-refractivity contribution in [3.8, 4) is 22.6 Å². The highest BCUT2D eigenvalue weighted by Gasteiger charge is 2.21. The van der Waals surface area contributed by atoms with Crippen molar-refractivity contribution >= 4 is 28.0 Å². The molecule has 3 nitrogen and oxygen atoms in total. The van der Waals surface area contributed by atoms with Gasteiger partial charge in [-0.1, -0.05) is 60.7 Å². The topological polar surface area (TPSA) is 35.1 Å². The van der Waals surface area contributed by atoms with Gasteiger partial charge in [0.2, 0.25) is 0 Å². The van der Waals surface area contributed by atoms with E-state index in [0.29, 0.717) is 11.5 Å². The summed E-state index contributed by atoms with van der Waals surface area (Å²) in [5.74, 6) is 1.04. The molecule has 0 bridgehead atoms. The van der Waals surface area contributed by atoms with Gasteiger partial charge in [0.1, 0.15) is 5.76 Å². The highest BCUT2D eigenvalue weighted by molar-refractivity contribution is 6.08. The van der Waals surface area contributed by atoms with E-state index in [-0.39, 0.29) is 0 Å².